The van der Waals surface area contributed by atoms with Crippen LogP contribution in [0.25, 0.3) is 0 Å². The Labute approximate surface area is 91.3 Å². The predicted octanol–water partition coefficient (Wildman–Crippen LogP) is 0.642. The van der Waals surface area contributed by atoms with Gasteiger partial charge in [-0.2, -0.15) is 21.6 Å². The van der Waals surface area contributed by atoms with Gasteiger partial charge in [-0.05, 0) is 12.8 Å². The molecule has 0 saturated carbocycles. The number of hydrogen-bond acceptors (Lipinski definition) is 5. The largest absolute Gasteiger partial charge is 0.523 e. The van der Waals surface area contributed by atoms with Crippen LogP contribution >= 0.6 is 0 Å². The topological polar surface area (TPSA) is 72.8 Å². The molecule has 0 bridgehead atoms. The molecule has 1 N–H and O–H groups in total. The van der Waals surface area contributed by atoms with Crippen LogP contribution in [-0.2, 0) is 19.0 Å². The molecule has 0 rings (SSSR count). The Morgan fingerprint density at radius 2 is 1.62 bits per heavy atom. The molecule has 0 amide bonds. The Kier molecular flexibility index (Phi) is 6.88. The number of halogens is 3. The molecule has 16 heavy (non-hydrogen) atoms. The highest BCUT2D eigenvalue weighted by atomic mass is 32.2. The Morgan fingerprint density at radius 3 is 2.12 bits per heavy atom. The van der Waals surface area contributed by atoms with E-state index in [-0.39, 0.29) is 26.2 Å². The van der Waals surface area contributed by atoms with Crippen LogP contribution in [0.3, 0.4) is 0 Å². The lowest BCUT2D eigenvalue weighted by Gasteiger charge is -2.08. The standard InChI is InChI=1S/C7H13F3O5S/c8-7(9,10)16(12,13)15-5-2-1-4-14-6-3-11/h11H,1-6H2. The van der Waals surface area contributed by atoms with Crippen LogP contribution in [0.5, 0.6) is 0 Å². The number of hydrogen-bond donors (Lipinski definition) is 1. The van der Waals surface area contributed by atoms with Gasteiger partial charge in [0.15, 0.2) is 0 Å². The molecule has 0 fully saturated rings. The molecular formula is C7H13F3O5S. The van der Waals surface area contributed by atoms with E-state index >= 15 is 0 Å². The van der Waals surface area contributed by atoms with Gasteiger partial charge in [0.2, 0.25) is 0 Å². The van der Waals surface area contributed by atoms with Crippen molar-refractivity contribution in [2.24, 2.45) is 0 Å². The molecule has 0 radical (unpaired) electrons. The van der Waals surface area contributed by atoms with Crippen molar-refractivity contribution in [3.05, 3.63) is 0 Å². The SMILES string of the molecule is O=S(=O)(OCCCCOCCO)C(F)(F)F. The van der Waals surface area contributed by atoms with Gasteiger partial charge >= 0.3 is 15.6 Å². The second-order valence-corrected chi connectivity index (χ2v) is 4.37. The zero-order chi connectivity index (χ0) is 12.7. The summed E-state index contributed by atoms with van der Waals surface area (Å²) in [4.78, 5) is 0. The highest BCUT2D eigenvalue weighted by Gasteiger charge is 2.47. The van der Waals surface area contributed by atoms with E-state index in [2.05, 4.69) is 4.18 Å². The molecule has 0 aromatic rings. The van der Waals surface area contributed by atoms with E-state index < -0.39 is 22.2 Å². The molecule has 98 valence electrons. The molecule has 5 nitrogen and oxygen atoms in total. The number of aliphatic hydroxyl groups excluding tert-OH is 1. The first kappa shape index (κ1) is 15.6. The number of ether oxygens (including phenoxy) is 1. The minimum atomic E-state index is -5.48. The van der Waals surface area contributed by atoms with Crippen molar-refractivity contribution in [2.45, 2.75) is 18.3 Å². The van der Waals surface area contributed by atoms with Crippen LogP contribution in [-0.4, -0.2) is 45.5 Å². The zero-order valence-electron chi connectivity index (χ0n) is 8.36. The van der Waals surface area contributed by atoms with Crippen LogP contribution in [0.2, 0.25) is 0 Å². The smallest absolute Gasteiger partial charge is 0.394 e. The van der Waals surface area contributed by atoms with Crippen LogP contribution in [0.15, 0.2) is 0 Å². The molecule has 0 heterocycles. The minimum absolute atomic E-state index is 0.126. The third kappa shape index (κ3) is 6.26. The van der Waals surface area contributed by atoms with Gasteiger partial charge in [0, 0.05) is 6.61 Å². The zero-order valence-corrected chi connectivity index (χ0v) is 9.18. The summed E-state index contributed by atoms with van der Waals surface area (Å²) in [6, 6.07) is 0. The van der Waals surface area contributed by atoms with E-state index in [0.29, 0.717) is 6.42 Å². The van der Waals surface area contributed by atoms with Gasteiger partial charge in [0.05, 0.1) is 19.8 Å². The average molecular weight is 266 g/mol. The van der Waals surface area contributed by atoms with Crippen molar-refractivity contribution in [3.63, 3.8) is 0 Å². The molecule has 0 saturated heterocycles. The molecule has 0 aliphatic rings. The monoisotopic (exact) mass is 266 g/mol. The summed E-state index contributed by atoms with van der Waals surface area (Å²) >= 11 is 0. The first-order valence-electron chi connectivity index (χ1n) is 4.45. The summed E-state index contributed by atoms with van der Waals surface area (Å²) < 4.78 is 64.5. The maximum atomic E-state index is 11.7. The van der Waals surface area contributed by atoms with Crippen molar-refractivity contribution < 1.29 is 35.6 Å². The van der Waals surface area contributed by atoms with E-state index in [4.69, 9.17) is 9.84 Å². The molecule has 0 aliphatic carbocycles. The summed E-state index contributed by atoms with van der Waals surface area (Å²) in [7, 11) is -5.48. The number of unbranched alkanes of at least 4 members (excludes halogenated alkanes) is 1. The molecule has 0 aromatic carbocycles. The summed E-state index contributed by atoms with van der Waals surface area (Å²) in [5.74, 6) is 0. The second-order valence-electron chi connectivity index (χ2n) is 2.76. The van der Waals surface area contributed by atoms with Gasteiger partial charge in [-0.15, -0.1) is 0 Å². The maximum Gasteiger partial charge on any atom is 0.523 e. The van der Waals surface area contributed by atoms with Gasteiger partial charge in [0.1, 0.15) is 0 Å². The molecule has 0 aliphatic heterocycles. The number of aliphatic hydroxyl groups is 1. The maximum absolute atomic E-state index is 11.7. The summed E-state index contributed by atoms with van der Waals surface area (Å²) in [5.41, 5.74) is -5.37. The van der Waals surface area contributed by atoms with Gasteiger partial charge in [-0.3, -0.25) is 4.18 Å². The fourth-order valence-electron chi connectivity index (χ4n) is 0.708. The minimum Gasteiger partial charge on any atom is -0.394 e. The van der Waals surface area contributed by atoms with E-state index in [1.165, 1.54) is 0 Å². The summed E-state index contributed by atoms with van der Waals surface area (Å²) in [6.45, 7) is -0.305. The molecule has 0 aromatic heterocycles. The number of rotatable bonds is 8. The first-order chi connectivity index (χ1) is 7.31. The van der Waals surface area contributed by atoms with Crippen molar-refractivity contribution in [1.29, 1.82) is 0 Å². The van der Waals surface area contributed by atoms with E-state index in [1.54, 1.807) is 0 Å². The lowest BCUT2D eigenvalue weighted by molar-refractivity contribution is -0.0543. The number of alkyl halides is 3. The quantitative estimate of drug-likeness (QED) is 0.396. The van der Waals surface area contributed by atoms with Gasteiger partial charge in [0.25, 0.3) is 0 Å². The van der Waals surface area contributed by atoms with Crippen LogP contribution in [0, 0.1) is 0 Å². The third-order valence-electron chi connectivity index (χ3n) is 1.44. The van der Waals surface area contributed by atoms with Crippen molar-refractivity contribution in [3.8, 4) is 0 Å². The van der Waals surface area contributed by atoms with Gasteiger partial charge in [-0.25, -0.2) is 0 Å². The van der Waals surface area contributed by atoms with E-state index in [0.717, 1.165) is 0 Å². The Balaban J connectivity index is 3.60. The lowest BCUT2D eigenvalue weighted by Crippen LogP contribution is -2.25. The molecule has 0 unspecified atom stereocenters. The fraction of sp³-hybridized carbons (Fsp3) is 1.00. The predicted molar refractivity (Wildman–Crippen MR) is 48.1 cm³/mol. The summed E-state index contributed by atoms with van der Waals surface area (Å²) in [6.07, 6.45) is 0.480. The van der Waals surface area contributed by atoms with E-state index in [9.17, 15) is 21.6 Å². The Hall–Kier alpha value is -0.380. The van der Waals surface area contributed by atoms with Crippen LogP contribution < -0.4 is 0 Å². The summed E-state index contributed by atoms with van der Waals surface area (Å²) in [5, 5.41) is 8.31. The average Bonchev–Trinajstić information content (AvgIpc) is 2.14. The van der Waals surface area contributed by atoms with Crippen LogP contribution in [0.1, 0.15) is 12.8 Å². The van der Waals surface area contributed by atoms with Crippen molar-refractivity contribution in [2.75, 3.05) is 26.4 Å². The van der Waals surface area contributed by atoms with Crippen molar-refractivity contribution >= 4 is 10.1 Å². The normalized spacial score (nSPS) is 13.0. The molecule has 0 spiro atoms. The lowest BCUT2D eigenvalue weighted by atomic mass is 10.3. The highest BCUT2D eigenvalue weighted by Crippen LogP contribution is 2.24. The molecular weight excluding hydrogens is 253 g/mol. The fourth-order valence-corrected chi connectivity index (χ4v) is 1.18. The van der Waals surface area contributed by atoms with Crippen LogP contribution in [0.4, 0.5) is 13.2 Å². The first-order valence-corrected chi connectivity index (χ1v) is 5.86. The Bertz CT molecular complexity index is 274. The van der Waals surface area contributed by atoms with Gasteiger partial charge < -0.3 is 9.84 Å². The Morgan fingerprint density at radius 1 is 1.06 bits per heavy atom. The highest BCUT2D eigenvalue weighted by molar-refractivity contribution is 7.87. The second kappa shape index (κ2) is 7.05. The third-order valence-corrected chi connectivity index (χ3v) is 2.48. The van der Waals surface area contributed by atoms with Gasteiger partial charge in [-0.1, -0.05) is 0 Å². The molecule has 9 heteroatoms. The van der Waals surface area contributed by atoms with Crippen molar-refractivity contribution in [1.82, 2.24) is 0 Å². The van der Waals surface area contributed by atoms with E-state index in [1.807, 2.05) is 0 Å². The molecule has 0 atom stereocenters.